The second kappa shape index (κ2) is 11.4. The van der Waals surface area contributed by atoms with Crippen LogP contribution >= 0.6 is 11.6 Å². The van der Waals surface area contributed by atoms with Gasteiger partial charge >= 0.3 is 0 Å². The molecular weight excluding hydrogens is 532 g/mol. The minimum absolute atomic E-state index is 0.257. The summed E-state index contributed by atoms with van der Waals surface area (Å²) >= 11 is 6.44. The van der Waals surface area contributed by atoms with Gasteiger partial charge in [0.05, 0.1) is 42.3 Å². The first-order valence-electron chi connectivity index (χ1n) is 12.9. The molecule has 2 unspecified atom stereocenters. The van der Waals surface area contributed by atoms with Crippen molar-refractivity contribution in [3.63, 3.8) is 0 Å². The predicted octanol–water partition coefficient (Wildman–Crippen LogP) is 3.65. The number of hydrogen-bond donors (Lipinski definition) is 3. The van der Waals surface area contributed by atoms with E-state index in [4.69, 9.17) is 11.6 Å². The van der Waals surface area contributed by atoms with Crippen LogP contribution in [0.15, 0.2) is 54.9 Å². The Morgan fingerprint density at radius 1 is 1.20 bits per heavy atom. The molecule has 0 saturated heterocycles. The summed E-state index contributed by atoms with van der Waals surface area (Å²) in [5, 5.41) is 24.5. The molecule has 0 aliphatic carbocycles. The highest BCUT2D eigenvalue weighted by atomic mass is 35.5. The standard InChI is InChI=1S/C28H29ClN8O3/c1-4-37-31-13-24(35-37)33-28-30-12-22(29)25(34-28)19-8-9-20-14-36(27(40)21(20)11-19)17(3)26(39)32-23(15-38)18-7-5-6-16(2)10-18/h5-13,17,23,38H,4,14-15H2,1-3H3,(H,32,39)(H,30,33,34,35). The van der Waals surface area contributed by atoms with Crippen LogP contribution in [0.4, 0.5) is 11.8 Å². The summed E-state index contributed by atoms with van der Waals surface area (Å²) in [6, 6.07) is 11.7. The van der Waals surface area contributed by atoms with Crippen molar-refractivity contribution in [3.8, 4) is 11.3 Å². The molecule has 5 rings (SSSR count). The van der Waals surface area contributed by atoms with Crippen LogP contribution in [-0.2, 0) is 17.9 Å². The summed E-state index contributed by atoms with van der Waals surface area (Å²) < 4.78 is 0. The molecule has 0 bridgehead atoms. The van der Waals surface area contributed by atoms with Gasteiger partial charge in [0, 0.05) is 17.7 Å². The van der Waals surface area contributed by atoms with E-state index in [9.17, 15) is 14.7 Å². The van der Waals surface area contributed by atoms with Crippen LogP contribution in [0.3, 0.4) is 0 Å². The molecule has 2 amide bonds. The predicted molar refractivity (Wildman–Crippen MR) is 150 cm³/mol. The minimum atomic E-state index is -0.753. The molecule has 40 heavy (non-hydrogen) atoms. The first-order chi connectivity index (χ1) is 19.3. The van der Waals surface area contributed by atoms with Crippen LogP contribution in [0.5, 0.6) is 0 Å². The summed E-state index contributed by atoms with van der Waals surface area (Å²) in [7, 11) is 0. The Labute approximate surface area is 236 Å². The van der Waals surface area contributed by atoms with Crippen molar-refractivity contribution in [1.29, 1.82) is 0 Å². The Bertz CT molecular complexity index is 1570. The average molecular weight is 561 g/mol. The second-order valence-corrected chi connectivity index (χ2v) is 9.98. The van der Waals surface area contributed by atoms with Gasteiger partial charge in [-0.25, -0.2) is 9.97 Å². The van der Waals surface area contributed by atoms with Crippen molar-refractivity contribution < 1.29 is 14.7 Å². The molecule has 0 fully saturated rings. The Balaban J connectivity index is 1.33. The number of halogens is 1. The number of amides is 2. The molecule has 0 saturated carbocycles. The van der Waals surface area contributed by atoms with E-state index in [1.165, 1.54) is 15.9 Å². The van der Waals surface area contributed by atoms with Gasteiger partial charge < -0.3 is 20.6 Å². The van der Waals surface area contributed by atoms with Crippen molar-refractivity contribution in [3.05, 3.63) is 82.1 Å². The normalized spacial score (nSPS) is 14.1. The number of nitrogens with zero attached hydrogens (tertiary/aromatic N) is 6. The van der Waals surface area contributed by atoms with E-state index >= 15 is 0 Å². The van der Waals surface area contributed by atoms with Crippen LogP contribution in [-0.4, -0.2) is 59.4 Å². The van der Waals surface area contributed by atoms with Gasteiger partial charge in [-0.3, -0.25) is 9.59 Å². The van der Waals surface area contributed by atoms with Gasteiger partial charge in [0.2, 0.25) is 11.9 Å². The molecule has 1 aliphatic rings. The number of hydrogen-bond acceptors (Lipinski definition) is 8. The zero-order valence-corrected chi connectivity index (χ0v) is 23.1. The number of aliphatic hydroxyl groups is 1. The second-order valence-electron chi connectivity index (χ2n) is 9.57. The van der Waals surface area contributed by atoms with E-state index in [0.29, 0.717) is 34.2 Å². The lowest BCUT2D eigenvalue weighted by Crippen LogP contribution is -2.46. The Morgan fingerprint density at radius 2 is 2.02 bits per heavy atom. The van der Waals surface area contributed by atoms with E-state index in [1.54, 1.807) is 19.2 Å². The van der Waals surface area contributed by atoms with Crippen molar-refractivity contribution in [2.75, 3.05) is 11.9 Å². The van der Waals surface area contributed by atoms with Crippen molar-refractivity contribution in [2.24, 2.45) is 0 Å². The van der Waals surface area contributed by atoms with Crippen molar-refractivity contribution in [1.82, 2.24) is 35.2 Å². The number of carbonyl (C=O) groups excluding carboxylic acids is 2. The molecule has 4 aromatic rings. The van der Waals surface area contributed by atoms with Gasteiger partial charge in [0.25, 0.3) is 5.91 Å². The zero-order valence-electron chi connectivity index (χ0n) is 22.3. The maximum absolute atomic E-state index is 13.4. The van der Waals surface area contributed by atoms with E-state index < -0.39 is 12.1 Å². The Kier molecular flexibility index (Phi) is 7.76. The monoisotopic (exact) mass is 560 g/mol. The average Bonchev–Trinajstić information content (AvgIpc) is 3.55. The number of benzene rings is 2. The van der Waals surface area contributed by atoms with Crippen LogP contribution in [0, 0.1) is 6.92 Å². The smallest absolute Gasteiger partial charge is 0.255 e. The number of aliphatic hydroxyl groups excluding tert-OH is 1. The molecule has 0 spiro atoms. The number of anilines is 2. The molecule has 1 aliphatic heterocycles. The molecule has 2 atom stereocenters. The lowest BCUT2D eigenvalue weighted by Gasteiger charge is -2.26. The Morgan fingerprint density at radius 3 is 2.75 bits per heavy atom. The molecule has 3 heterocycles. The third-order valence-electron chi connectivity index (χ3n) is 6.81. The zero-order chi connectivity index (χ0) is 28.4. The van der Waals surface area contributed by atoms with Gasteiger partial charge in [0.1, 0.15) is 6.04 Å². The Hall–Kier alpha value is -4.35. The number of fused-ring (bicyclic) bond motifs is 1. The maximum Gasteiger partial charge on any atom is 0.255 e. The van der Waals surface area contributed by atoms with Gasteiger partial charge in [0.15, 0.2) is 5.82 Å². The molecule has 11 nitrogen and oxygen atoms in total. The number of nitrogens with one attached hydrogen (secondary N) is 2. The van der Waals surface area contributed by atoms with Gasteiger partial charge in [-0.1, -0.05) is 53.6 Å². The molecule has 0 radical (unpaired) electrons. The lowest BCUT2D eigenvalue weighted by atomic mass is 10.0. The summed E-state index contributed by atoms with van der Waals surface area (Å²) in [4.78, 5) is 38.4. The van der Waals surface area contributed by atoms with Crippen LogP contribution in [0.25, 0.3) is 11.3 Å². The summed E-state index contributed by atoms with van der Waals surface area (Å²) in [6.07, 6.45) is 3.06. The third-order valence-corrected chi connectivity index (χ3v) is 7.09. The fourth-order valence-corrected chi connectivity index (χ4v) is 4.79. The molecule has 206 valence electrons. The minimum Gasteiger partial charge on any atom is -0.394 e. The topological polar surface area (TPSA) is 138 Å². The largest absolute Gasteiger partial charge is 0.394 e. The molecule has 2 aromatic heterocycles. The molecular formula is C28H29ClN8O3. The SMILES string of the molecule is CCn1ncc(Nc2ncc(Cl)c(-c3ccc4c(c3)C(=O)N(C(C)C(=O)NC(CO)c3cccc(C)c3)C4)n2)n1. The molecule has 12 heteroatoms. The first kappa shape index (κ1) is 27.2. The fraction of sp³-hybridized carbons (Fsp3) is 0.286. The molecule has 2 aromatic carbocycles. The number of carbonyl (C=O) groups is 2. The van der Waals surface area contributed by atoms with E-state index in [2.05, 4.69) is 30.8 Å². The summed E-state index contributed by atoms with van der Waals surface area (Å²) in [6.45, 7) is 6.22. The highest BCUT2D eigenvalue weighted by Crippen LogP contribution is 2.32. The van der Waals surface area contributed by atoms with Gasteiger partial charge in [-0.15, -0.1) is 5.10 Å². The number of rotatable bonds is 9. The highest BCUT2D eigenvalue weighted by molar-refractivity contribution is 6.33. The highest BCUT2D eigenvalue weighted by Gasteiger charge is 2.35. The van der Waals surface area contributed by atoms with Crippen molar-refractivity contribution in [2.45, 2.75) is 45.9 Å². The van der Waals surface area contributed by atoms with E-state index in [0.717, 1.165) is 16.7 Å². The van der Waals surface area contributed by atoms with Gasteiger partial charge in [-0.05, 0) is 38.0 Å². The summed E-state index contributed by atoms with van der Waals surface area (Å²) in [5.41, 5.74) is 4.18. The first-order valence-corrected chi connectivity index (χ1v) is 13.3. The molecule has 3 N–H and O–H groups in total. The van der Waals surface area contributed by atoms with Crippen LogP contribution in [0.2, 0.25) is 5.02 Å². The van der Waals surface area contributed by atoms with E-state index in [-0.39, 0.29) is 30.9 Å². The van der Waals surface area contributed by atoms with E-state index in [1.807, 2.05) is 50.2 Å². The quantitative estimate of drug-likeness (QED) is 0.282. The van der Waals surface area contributed by atoms with Crippen molar-refractivity contribution >= 4 is 35.2 Å². The summed E-state index contributed by atoms with van der Waals surface area (Å²) in [5.74, 6) is 0.160. The van der Waals surface area contributed by atoms with Crippen LogP contribution < -0.4 is 10.6 Å². The van der Waals surface area contributed by atoms with Crippen LogP contribution in [0.1, 0.15) is 46.9 Å². The maximum atomic E-state index is 13.4. The number of aromatic nitrogens is 5. The van der Waals surface area contributed by atoms with Gasteiger partial charge in [-0.2, -0.15) is 9.90 Å². The third kappa shape index (κ3) is 5.51. The lowest BCUT2D eigenvalue weighted by molar-refractivity contribution is -0.126. The fourth-order valence-electron chi connectivity index (χ4n) is 4.59. The number of aryl methyl sites for hydroxylation is 2.